The van der Waals surface area contributed by atoms with E-state index in [-0.39, 0.29) is 0 Å². The summed E-state index contributed by atoms with van der Waals surface area (Å²) in [6, 6.07) is 0. The van der Waals surface area contributed by atoms with Crippen LogP contribution in [0.15, 0.2) is 22.8 Å². The zero-order valence-electron chi connectivity index (χ0n) is 6.54. The van der Waals surface area contributed by atoms with Gasteiger partial charge in [0.05, 0.1) is 5.03 Å². The Morgan fingerprint density at radius 1 is 1.64 bits per heavy atom. The smallest absolute Gasteiger partial charge is 0.147 e. The van der Waals surface area contributed by atoms with Crippen LogP contribution in [0.5, 0.6) is 0 Å². The Morgan fingerprint density at radius 2 is 2.27 bits per heavy atom. The summed E-state index contributed by atoms with van der Waals surface area (Å²) in [7, 11) is 0. The maximum absolute atomic E-state index is 8.37. The summed E-state index contributed by atoms with van der Waals surface area (Å²) in [6.07, 6.45) is 3.17. The van der Waals surface area contributed by atoms with E-state index < -0.39 is 6.10 Å². The second-order valence-corrected chi connectivity index (χ2v) is 3.25. The van der Waals surface area contributed by atoms with Crippen LogP contribution in [0.4, 0.5) is 0 Å². The van der Waals surface area contributed by atoms with E-state index in [2.05, 4.69) is 4.89 Å². The van der Waals surface area contributed by atoms with Crippen LogP contribution in [-0.4, -0.2) is 11.4 Å². The first kappa shape index (κ1) is 8.78. The Labute approximate surface area is 71.0 Å². The molecule has 0 spiro atoms. The number of rotatable bonds is 2. The number of hydrogen-bond acceptors (Lipinski definition) is 2. The molecule has 62 valence electrons. The lowest BCUT2D eigenvalue weighted by Crippen LogP contribution is -2.05. The fraction of sp³-hybridized carbons (Fsp3) is 0.500. The molecule has 1 atom stereocenters. The van der Waals surface area contributed by atoms with Crippen molar-refractivity contribution in [3.63, 3.8) is 0 Å². The Kier molecular flexibility index (Phi) is 2.71. The molecule has 0 radical (unpaired) electrons. The van der Waals surface area contributed by atoms with Gasteiger partial charge in [-0.05, 0) is 17.6 Å². The highest BCUT2D eigenvalue weighted by Crippen LogP contribution is 2.29. The van der Waals surface area contributed by atoms with Crippen LogP contribution in [0.25, 0.3) is 0 Å². The Morgan fingerprint density at radius 3 is 2.55 bits per heavy atom. The monoisotopic (exact) mass is 174 g/mol. The van der Waals surface area contributed by atoms with Crippen molar-refractivity contribution in [2.24, 2.45) is 5.92 Å². The maximum atomic E-state index is 8.37. The van der Waals surface area contributed by atoms with Gasteiger partial charge in [-0.1, -0.05) is 31.5 Å². The normalized spacial score (nSPS) is 23.9. The van der Waals surface area contributed by atoms with Gasteiger partial charge >= 0.3 is 0 Å². The predicted molar refractivity (Wildman–Crippen MR) is 44.4 cm³/mol. The van der Waals surface area contributed by atoms with Crippen LogP contribution in [0.1, 0.15) is 13.8 Å². The van der Waals surface area contributed by atoms with Crippen molar-refractivity contribution in [2.45, 2.75) is 20.0 Å². The van der Waals surface area contributed by atoms with Gasteiger partial charge in [0, 0.05) is 0 Å². The van der Waals surface area contributed by atoms with E-state index in [1.807, 2.05) is 19.9 Å². The molecule has 1 aliphatic carbocycles. The summed E-state index contributed by atoms with van der Waals surface area (Å²) in [4.78, 5) is 4.13. The Hall–Kier alpha value is -0.310. The number of halogens is 1. The van der Waals surface area contributed by atoms with Gasteiger partial charge in [-0.15, -0.1) is 0 Å². The van der Waals surface area contributed by atoms with E-state index in [1.165, 1.54) is 0 Å². The van der Waals surface area contributed by atoms with Crippen molar-refractivity contribution in [3.8, 4) is 0 Å². The second-order valence-electron chi connectivity index (χ2n) is 2.84. The van der Waals surface area contributed by atoms with Crippen LogP contribution in [-0.2, 0) is 4.89 Å². The second kappa shape index (κ2) is 3.39. The minimum atomic E-state index is -0.450. The molecule has 1 N–H and O–H groups in total. The standard InChI is InChI=1S/C8H11ClO2/c1-5(2)6-3-4-7(11-10)8(6)9/h3-5,7,10H,1-2H3. The molecule has 0 fully saturated rings. The van der Waals surface area contributed by atoms with E-state index in [4.69, 9.17) is 16.9 Å². The molecule has 0 saturated heterocycles. The van der Waals surface area contributed by atoms with E-state index in [1.54, 1.807) is 6.08 Å². The molecule has 1 rings (SSSR count). The summed E-state index contributed by atoms with van der Waals surface area (Å²) in [5.41, 5.74) is 1.03. The summed E-state index contributed by atoms with van der Waals surface area (Å²) in [6.45, 7) is 4.09. The molecule has 0 aromatic carbocycles. The van der Waals surface area contributed by atoms with E-state index in [0.29, 0.717) is 11.0 Å². The molecule has 11 heavy (non-hydrogen) atoms. The number of hydrogen-bond donors (Lipinski definition) is 1. The van der Waals surface area contributed by atoms with Crippen molar-refractivity contribution in [1.29, 1.82) is 0 Å². The van der Waals surface area contributed by atoms with Gasteiger partial charge < -0.3 is 0 Å². The molecule has 0 amide bonds. The fourth-order valence-corrected chi connectivity index (χ4v) is 1.46. The van der Waals surface area contributed by atoms with Gasteiger partial charge in [0.2, 0.25) is 0 Å². The molecular formula is C8H11ClO2. The highest BCUT2D eigenvalue weighted by Gasteiger charge is 2.20. The zero-order chi connectivity index (χ0) is 8.43. The highest BCUT2D eigenvalue weighted by atomic mass is 35.5. The van der Waals surface area contributed by atoms with Crippen LogP contribution in [0.3, 0.4) is 0 Å². The van der Waals surface area contributed by atoms with Crippen LogP contribution < -0.4 is 0 Å². The van der Waals surface area contributed by atoms with Gasteiger partial charge in [-0.25, -0.2) is 4.89 Å². The molecule has 0 aliphatic heterocycles. The third-order valence-electron chi connectivity index (χ3n) is 1.71. The zero-order valence-corrected chi connectivity index (χ0v) is 7.30. The van der Waals surface area contributed by atoms with Crippen molar-refractivity contribution >= 4 is 11.6 Å². The van der Waals surface area contributed by atoms with Crippen LogP contribution >= 0.6 is 11.6 Å². The Bertz CT molecular complexity index is 206. The average Bonchev–Trinajstić information content (AvgIpc) is 2.30. The average molecular weight is 175 g/mol. The van der Waals surface area contributed by atoms with Gasteiger partial charge in [0.25, 0.3) is 0 Å². The largest absolute Gasteiger partial charge is 0.251 e. The topological polar surface area (TPSA) is 29.5 Å². The van der Waals surface area contributed by atoms with Crippen molar-refractivity contribution < 1.29 is 10.1 Å². The van der Waals surface area contributed by atoms with Gasteiger partial charge in [0.1, 0.15) is 6.10 Å². The molecule has 1 unspecified atom stereocenters. The third kappa shape index (κ3) is 1.64. The summed E-state index contributed by atoms with van der Waals surface area (Å²) in [5, 5.41) is 8.95. The lowest BCUT2D eigenvalue weighted by Gasteiger charge is -2.07. The highest BCUT2D eigenvalue weighted by molar-refractivity contribution is 6.31. The maximum Gasteiger partial charge on any atom is 0.147 e. The lowest BCUT2D eigenvalue weighted by molar-refractivity contribution is -0.254. The Balaban J connectivity index is 2.81. The van der Waals surface area contributed by atoms with E-state index in [9.17, 15) is 0 Å². The SMILES string of the molecule is CC(C)C1=C(Cl)C(OO)C=C1. The first-order valence-electron chi connectivity index (χ1n) is 3.54. The van der Waals surface area contributed by atoms with Crippen molar-refractivity contribution in [3.05, 3.63) is 22.8 Å². The van der Waals surface area contributed by atoms with Crippen molar-refractivity contribution in [1.82, 2.24) is 0 Å². The fourth-order valence-electron chi connectivity index (χ4n) is 1.07. The molecule has 0 saturated carbocycles. The molecule has 0 bridgehead atoms. The summed E-state index contributed by atoms with van der Waals surface area (Å²) < 4.78 is 0. The van der Waals surface area contributed by atoms with Crippen LogP contribution in [0, 0.1) is 5.92 Å². The quantitative estimate of drug-likeness (QED) is 0.515. The van der Waals surface area contributed by atoms with Crippen LogP contribution in [0.2, 0.25) is 0 Å². The molecular weight excluding hydrogens is 164 g/mol. The lowest BCUT2D eigenvalue weighted by atomic mass is 10.1. The molecule has 1 aliphatic rings. The van der Waals surface area contributed by atoms with E-state index in [0.717, 1.165) is 5.57 Å². The van der Waals surface area contributed by atoms with E-state index >= 15 is 0 Å². The van der Waals surface area contributed by atoms with Gasteiger partial charge in [0.15, 0.2) is 0 Å². The number of allylic oxidation sites excluding steroid dienone is 2. The minimum absolute atomic E-state index is 0.374. The van der Waals surface area contributed by atoms with Gasteiger partial charge in [-0.3, -0.25) is 5.26 Å². The first-order valence-corrected chi connectivity index (χ1v) is 3.92. The molecule has 0 heterocycles. The molecule has 0 aromatic heterocycles. The minimum Gasteiger partial charge on any atom is -0.251 e. The predicted octanol–water partition coefficient (Wildman–Crippen LogP) is 2.56. The summed E-state index contributed by atoms with van der Waals surface area (Å²) >= 11 is 5.87. The molecule has 3 heteroatoms. The van der Waals surface area contributed by atoms with Gasteiger partial charge in [-0.2, -0.15) is 0 Å². The third-order valence-corrected chi connectivity index (χ3v) is 2.15. The molecule has 0 aromatic rings. The molecule has 2 nitrogen and oxygen atoms in total. The first-order chi connectivity index (χ1) is 5.16. The summed E-state index contributed by atoms with van der Waals surface area (Å²) in [5.74, 6) is 0.374. The van der Waals surface area contributed by atoms with Crippen molar-refractivity contribution in [2.75, 3.05) is 0 Å².